The van der Waals surface area contributed by atoms with Crippen LogP contribution in [0.2, 0.25) is 19.1 Å². The molecule has 3 aliphatic rings. The number of nitrogens with zero attached hydrogens (tertiary/aromatic N) is 2. The van der Waals surface area contributed by atoms with Crippen LogP contribution in [0.25, 0.3) is 0 Å². The molecule has 3 aliphatic heterocycles. The molecule has 66 heavy (non-hydrogen) atoms. The van der Waals surface area contributed by atoms with E-state index in [9.17, 15) is 19.2 Å². The Kier molecular flexibility index (Phi) is 15.3. The molecule has 2 unspecified atom stereocenters. The average molecular weight is 921 g/mol. The van der Waals surface area contributed by atoms with Crippen LogP contribution in [0.3, 0.4) is 0 Å². The fourth-order valence-electron chi connectivity index (χ4n) is 9.67. The van der Waals surface area contributed by atoms with Crippen molar-refractivity contribution in [2.24, 2.45) is 11.3 Å². The Morgan fingerprint density at radius 1 is 0.652 bits per heavy atom. The maximum atomic E-state index is 13.9. The molecule has 3 heterocycles. The lowest BCUT2D eigenvalue weighted by Gasteiger charge is -2.51. The van der Waals surface area contributed by atoms with Crippen molar-refractivity contribution in [3.05, 3.63) is 144 Å². The molecule has 0 aromatic heterocycles. The van der Waals surface area contributed by atoms with Gasteiger partial charge < -0.3 is 42.6 Å². The Labute approximate surface area is 390 Å². The van der Waals surface area contributed by atoms with Gasteiger partial charge in [-0.2, -0.15) is 0 Å². The molecule has 0 N–H and O–H groups in total. The van der Waals surface area contributed by atoms with E-state index >= 15 is 0 Å². The van der Waals surface area contributed by atoms with E-state index in [0.717, 1.165) is 34.0 Å². The normalized spacial score (nSPS) is 24.0. The van der Waals surface area contributed by atoms with Gasteiger partial charge in [-0.05, 0) is 79.0 Å². The topological polar surface area (TPSA) is 139 Å². The van der Waals surface area contributed by atoms with Gasteiger partial charge >= 0.3 is 11.9 Å². The van der Waals surface area contributed by atoms with E-state index in [1.54, 1.807) is 19.1 Å². The van der Waals surface area contributed by atoms with E-state index in [4.69, 9.17) is 32.8 Å². The fourth-order valence-corrected chi connectivity index (χ4v) is 12.2. The second-order valence-electron chi connectivity index (χ2n) is 18.3. The molecule has 14 heteroatoms. The molecule has 4 aromatic rings. The van der Waals surface area contributed by atoms with E-state index in [1.165, 1.54) is 19.1 Å². The predicted molar refractivity (Wildman–Crippen MR) is 252 cm³/mol. The van der Waals surface area contributed by atoms with Gasteiger partial charge in [0.1, 0.15) is 17.1 Å². The van der Waals surface area contributed by atoms with Gasteiger partial charge in [0, 0.05) is 24.1 Å². The van der Waals surface area contributed by atoms with Gasteiger partial charge in [-0.3, -0.25) is 9.59 Å². The minimum absolute atomic E-state index is 0.0114. The van der Waals surface area contributed by atoms with Gasteiger partial charge in [0.15, 0.2) is 19.4 Å². The molecule has 7 rings (SSSR count). The summed E-state index contributed by atoms with van der Waals surface area (Å²) in [6, 6.07) is 35.2. The second kappa shape index (κ2) is 20.4. The summed E-state index contributed by atoms with van der Waals surface area (Å²) in [4.78, 5) is 57.3. The SMILES string of the molecule is C=C1C(=O)N(Cc2ccc(OC)cc2)C(COCc2ccccc2)(C(=O)OC)C1(C)C.COC(=O)C1(COCc2ccccc2)N(Cc2ccc(OC)cc2)C(=O)[C@@H]2CC[Si](C)(C)O[C@@]21C. The average Bonchev–Trinajstić information content (AvgIpc) is 3.58. The molecule has 0 spiro atoms. The minimum Gasteiger partial charge on any atom is -0.497 e. The maximum Gasteiger partial charge on any atom is 0.337 e. The quantitative estimate of drug-likeness (QED) is 0.0616. The van der Waals surface area contributed by atoms with Crippen molar-refractivity contribution >= 4 is 32.1 Å². The molecule has 0 radical (unpaired) electrons. The zero-order chi connectivity index (χ0) is 47.9. The lowest BCUT2D eigenvalue weighted by Crippen LogP contribution is -2.70. The number of amides is 2. The number of carbonyl (C=O) groups excluding carboxylic acids is 4. The third-order valence-corrected chi connectivity index (χ3v) is 16.1. The van der Waals surface area contributed by atoms with Gasteiger partial charge in [0.2, 0.25) is 5.91 Å². The predicted octanol–water partition coefficient (Wildman–Crippen LogP) is 7.91. The zero-order valence-electron chi connectivity index (χ0n) is 39.7. The zero-order valence-corrected chi connectivity index (χ0v) is 40.7. The van der Waals surface area contributed by atoms with Crippen molar-refractivity contribution in [3.63, 3.8) is 0 Å². The first-order valence-corrected chi connectivity index (χ1v) is 25.2. The Balaban J connectivity index is 0.000000220. The van der Waals surface area contributed by atoms with Gasteiger partial charge in [-0.15, -0.1) is 0 Å². The summed E-state index contributed by atoms with van der Waals surface area (Å²) in [7, 11) is 3.77. The monoisotopic (exact) mass is 920 g/mol. The maximum absolute atomic E-state index is 13.9. The van der Waals surface area contributed by atoms with Gasteiger partial charge in [0.05, 0.1) is 60.8 Å². The van der Waals surface area contributed by atoms with Crippen molar-refractivity contribution in [2.45, 2.75) is 89.3 Å². The van der Waals surface area contributed by atoms with E-state index < -0.39 is 48.3 Å². The Bertz CT molecular complexity index is 2340. The van der Waals surface area contributed by atoms with Crippen molar-refractivity contribution in [1.82, 2.24) is 9.80 Å². The van der Waals surface area contributed by atoms with Crippen molar-refractivity contribution in [3.8, 4) is 11.5 Å². The number of likely N-dealkylation sites (tertiary alicyclic amines) is 2. The molecular weight excluding hydrogens is 857 g/mol. The number of ether oxygens (including phenoxy) is 6. The van der Waals surface area contributed by atoms with E-state index in [0.29, 0.717) is 31.0 Å². The molecule has 4 atom stereocenters. The van der Waals surface area contributed by atoms with E-state index in [-0.39, 0.29) is 38.1 Å². The van der Waals surface area contributed by atoms with Crippen LogP contribution in [0, 0.1) is 11.3 Å². The van der Waals surface area contributed by atoms with E-state index in [1.807, 2.05) is 130 Å². The third-order valence-electron chi connectivity index (χ3n) is 13.7. The first-order chi connectivity index (χ1) is 31.4. The molecule has 4 aromatic carbocycles. The molecule has 0 saturated carbocycles. The first-order valence-electron chi connectivity index (χ1n) is 22.1. The number of methoxy groups -OCH3 is 4. The van der Waals surface area contributed by atoms with Crippen LogP contribution in [0.5, 0.6) is 11.5 Å². The molecule has 0 aliphatic carbocycles. The van der Waals surface area contributed by atoms with Crippen LogP contribution in [0.1, 0.15) is 49.4 Å². The number of benzene rings is 4. The van der Waals surface area contributed by atoms with Crippen LogP contribution in [-0.4, -0.2) is 100 Å². The number of hydrogen-bond acceptors (Lipinski definition) is 11. The Morgan fingerprint density at radius 2 is 1.09 bits per heavy atom. The summed E-state index contributed by atoms with van der Waals surface area (Å²) < 4.78 is 40.0. The van der Waals surface area contributed by atoms with Crippen molar-refractivity contribution in [1.29, 1.82) is 0 Å². The highest BCUT2D eigenvalue weighted by molar-refractivity contribution is 6.71. The Hall–Kier alpha value is -5.80. The number of rotatable bonds is 16. The minimum atomic E-state index is -2.12. The first kappa shape index (κ1) is 49.6. The van der Waals surface area contributed by atoms with Crippen LogP contribution >= 0.6 is 0 Å². The number of carbonyl (C=O) groups is 4. The number of esters is 2. The summed E-state index contributed by atoms with van der Waals surface area (Å²) >= 11 is 0. The van der Waals surface area contributed by atoms with Crippen LogP contribution < -0.4 is 9.47 Å². The summed E-state index contributed by atoms with van der Waals surface area (Å²) in [5.74, 6) is -0.415. The van der Waals surface area contributed by atoms with Crippen LogP contribution in [0.15, 0.2) is 121 Å². The number of fused-ring (bicyclic) bond motifs is 1. The summed E-state index contributed by atoms with van der Waals surface area (Å²) in [5, 5.41) is 0. The summed E-state index contributed by atoms with van der Waals surface area (Å²) in [6.07, 6.45) is 0.686. The fraction of sp³-hybridized carbons (Fsp3) is 0.423. The van der Waals surface area contributed by atoms with Crippen molar-refractivity contribution in [2.75, 3.05) is 41.7 Å². The van der Waals surface area contributed by atoms with E-state index in [2.05, 4.69) is 19.7 Å². The van der Waals surface area contributed by atoms with Gasteiger partial charge in [0.25, 0.3) is 5.91 Å². The molecule has 2 amide bonds. The largest absolute Gasteiger partial charge is 0.497 e. The van der Waals surface area contributed by atoms with Crippen LogP contribution in [0.4, 0.5) is 0 Å². The molecule has 0 bridgehead atoms. The third kappa shape index (κ3) is 9.42. The lowest BCUT2D eigenvalue weighted by atomic mass is 9.71. The van der Waals surface area contributed by atoms with Crippen molar-refractivity contribution < 1.29 is 52.0 Å². The molecular formula is C52H64N2O11Si. The molecule has 13 nitrogen and oxygen atoms in total. The highest BCUT2D eigenvalue weighted by atomic mass is 28.4. The molecule has 352 valence electrons. The molecule has 3 fully saturated rings. The standard InChI is InChI=1S/C27H35NO6Si.C25H29NO5/c1-26-23(15-16-35(4,5)34-26)24(29)28(17-20-11-13-22(31-2)14-12-20)27(26,25(30)32-3)19-33-18-21-9-7-6-8-10-21;1-18-22(27)26(15-19-11-13-21(29-4)14-12-19)25(23(28)30-5,24(18,2)3)17-31-16-20-9-7-6-8-10-20/h6-14,23H,15-19H2,1-5H3;6-14H,1,15-17H2,2-5H3/t23-,26-,27?;/m0./s1. The molecule has 3 saturated heterocycles. The Morgan fingerprint density at radius 3 is 1.55 bits per heavy atom. The summed E-state index contributed by atoms with van der Waals surface area (Å²) in [6.45, 7) is 14.9. The highest BCUT2D eigenvalue weighted by Crippen LogP contribution is 2.54. The highest BCUT2D eigenvalue weighted by Gasteiger charge is 2.73. The van der Waals surface area contributed by atoms with Gasteiger partial charge in [-0.25, -0.2) is 9.59 Å². The van der Waals surface area contributed by atoms with Gasteiger partial charge in [-0.1, -0.05) is 105 Å². The van der Waals surface area contributed by atoms with Crippen LogP contribution in [-0.2, 0) is 68.9 Å². The number of hydrogen-bond donors (Lipinski definition) is 0. The second-order valence-corrected chi connectivity index (χ2v) is 22.6. The lowest BCUT2D eigenvalue weighted by molar-refractivity contribution is -0.178. The smallest absolute Gasteiger partial charge is 0.337 e. The summed E-state index contributed by atoms with van der Waals surface area (Å²) in [5.41, 5.74) is -0.646.